The standard InChI is InChI=1S/C12H14FNO2/c13-9-3-1-2-8-11(9)10(15)4-5-12(8)6-16-7-14-12/h1-3,10,14-15H,4-7H2/t10-,12-/m1/s1/i7D/t7?,10-,12-. The van der Waals surface area contributed by atoms with E-state index in [-0.39, 0.29) is 5.82 Å². The molecule has 2 N–H and O–H groups in total. The van der Waals surface area contributed by atoms with Crippen LogP contribution in [0.1, 0.15) is 31.4 Å². The lowest BCUT2D eigenvalue weighted by atomic mass is 9.76. The van der Waals surface area contributed by atoms with E-state index in [2.05, 4.69) is 5.32 Å². The van der Waals surface area contributed by atoms with E-state index < -0.39 is 18.3 Å². The van der Waals surface area contributed by atoms with Crippen LogP contribution in [0, 0.1) is 5.82 Å². The van der Waals surface area contributed by atoms with Gasteiger partial charge in [-0.05, 0) is 24.5 Å². The molecule has 0 radical (unpaired) electrons. The summed E-state index contributed by atoms with van der Waals surface area (Å²) < 4.78 is 26.6. The highest BCUT2D eigenvalue weighted by molar-refractivity contribution is 5.39. The topological polar surface area (TPSA) is 41.5 Å². The number of rotatable bonds is 0. The second kappa shape index (κ2) is 3.52. The van der Waals surface area contributed by atoms with Gasteiger partial charge in [-0.25, -0.2) is 4.39 Å². The molecular weight excluding hydrogens is 209 g/mol. The molecule has 0 amide bonds. The van der Waals surface area contributed by atoms with Crippen molar-refractivity contribution in [3.63, 3.8) is 0 Å². The predicted octanol–water partition coefficient (Wildman–Crippen LogP) is 1.43. The van der Waals surface area contributed by atoms with E-state index in [1.54, 1.807) is 12.1 Å². The summed E-state index contributed by atoms with van der Waals surface area (Å²) in [6, 6.07) is 4.79. The first-order chi connectivity index (χ1) is 8.12. The van der Waals surface area contributed by atoms with Gasteiger partial charge >= 0.3 is 0 Å². The number of hydrogen-bond acceptors (Lipinski definition) is 3. The first kappa shape index (κ1) is 9.10. The van der Waals surface area contributed by atoms with Crippen molar-refractivity contribution in [2.24, 2.45) is 0 Å². The van der Waals surface area contributed by atoms with E-state index in [1.807, 2.05) is 0 Å². The van der Waals surface area contributed by atoms with Crippen LogP contribution >= 0.6 is 0 Å². The van der Waals surface area contributed by atoms with Crippen LogP contribution < -0.4 is 5.32 Å². The Bertz CT molecular complexity index is 456. The Balaban J connectivity index is 2.13. The smallest absolute Gasteiger partial charge is 0.129 e. The van der Waals surface area contributed by atoms with Gasteiger partial charge in [0.25, 0.3) is 0 Å². The number of aliphatic hydroxyl groups is 1. The fraction of sp³-hybridized carbons (Fsp3) is 0.500. The Morgan fingerprint density at radius 1 is 1.62 bits per heavy atom. The number of ether oxygens (including phenoxy) is 1. The van der Waals surface area contributed by atoms with Crippen LogP contribution in [0.15, 0.2) is 18.2 Å². The van der Waals surface area contributed by atoms with Crippen molar-refractivity contribution < 1.29 is 15.6 Å². The van der Waals surface area contributed by atoms with Crippen LogP contribution in [-0.4, -0.2) is 18.4 Å². The van der Waals surface area contributed by atoms with Crippen LogP contribution in [-0.2, 0) is 10.3 Å². The molecule has 3 rings (SSSR count). The Morgan fingerprint density at radius 3 is 3.25 bits per heavy atom. The highest BCUT2D eigenvalue weighted by atomic mass is 19.1. The minimum Gasteiger partial charge on any atom is -0.388 e. The zero-order valence-corrected chi connectivity index (χ0v) is 8.74. The molecule has 1 fully saturated rings. The molecule has 86 valence electrons. The fourth-order valence-electron chi connectivity index (χ4n) is 2.64. The third-order valence-corrected chi connectivity index (χ3v) is 3.49. The van der Waals surface area contributed by atoms with Crippen molar-refractivity contribution in [2.45, 2.75) is 24.5 Å². The number of fused-ring (bicyclic) bond motifs is 2. The molecule has 4 heteroatoms. The SMILES string of the molecule is [2H]C1N[C@]2(CC[C@@H](O)c3c(F)cccc32)CO1. The van der Waals surface area contributed by atoms with Crippen molar-refractivity contribution in [3.05, 3.63) is 35.1 Å². The van der Waals surface area contributed by atoms with Gasteiger partial charge < -0.3 is 9.84 Å². The van der Waals surface area contributed by atoms with Gasteiger partial charge in [0, 0.05) is 5.56 Å². The fourth-order valence-corrected chi connectivity index (χ4v) is 2.64. The molecule has 1 aromatic carbocycles. The van der Waals surface area contributed by atoms with E-state index in [0.717, 1.165) is 5.56 Å². The maximum atomic E-state index is 13.8. The lowest BCUT2D eigenvalue weighted by Crippen LogP contribution is -2.43. The van der Waals surface area contributed by atoms with Gasteiger partial charge in [-0.3, -0.25) is 5.32 Å². The van der Waals surface area contributed by atoms with Gasteiger partial charge in [-0.2, -0.15) is 0 Å². The minimum atomic E-state index is -0.777. The molecule has 0 aromatic heterocycles. The van der Waals surface area contributed by atoms with Gasteiger partial charge in [0.05, 0.1) is 26.3 Å². The van der Waals surface area contributed by atoms with Crippen molar-refractivity contribution in [2.75, 3.05) is 13.3 Å². The summed E-state index contributed by atoms with van der Waals surface area (Å²) >= 11 is 0. The first-order valence-electron chi connectivity index (χ1n) is 5.99. The molecule has 3 nitrogen and oxygen atoms in total. The van der Waals surface area contributed by atoms with Gasteiger partial charge in [0.2, 0.25) is 0 Å². The van der Waals surface area contributed by atoms with Crippen molar-refractivity contribution in [3.8, 4) is 0 Å². The third kappa shape index (κ3) is 1.30. The lowest BCUT2D eigenvalue weighted by molar-refractivity contribution is 0.114. The number of hydrogen-bond donors (Lipinski definition) is 2. The zero-order chi connectivity index (χ0) is 12.0. The maximum absolute atomic E-state index is 13.8. The first-order valence-corrected chi connectivity index (χ1v) is 5.41. The summed E-state index contributed by atoms with van der Waals surface area (Å²) in [5.74, 6) is -0.385. The van der Waals surface area contributed by atoms with Gasteiger partial charge in [0.1, 0.15) is 5.82 Å². The molecule has 0 saturated carbocycles. The van der Waals surface area contributed by atoms with Gasteiger partial charge in [-0.15, -0.1) is 0 Å². The average Bonchev–Trinajstić information content (AvgIpc) is 2.67. The van der Waals surface area contributed by atoms with Crippen LogP contribution in [0.4, 0.5) is 4.39 Å². The number of halogens is 1. The van der Waals surface area contributed by atoms with E-state index >= 15 is 0 Å². The summed E-state index contributed by atoms with van der Waals surface area (Å²) in [5, 5.41) is 12.9. The molecular formula is C12H14FNO2. The number of nitrogens with one attached hydrogen (secondary N) is 1. The lowest BCUT2D eigenvalue weighted by Gasteiger charge is -2.36. The molecule has 1 heterocycles. The summed E-state index contributed by atoms with van der Waals surface area (Å²) in [7, 11) is 0. The molecule has 3 atom stereocenters. The number of benzene rings is 1. The largest absolute Gasteiger partial charge is 0.388 e. The Morgan fingerprint density at radius 2 is 2.50 bits per heavy atom. The van der Waals surface area contributed by atoms with E-state index in [9.17, 15) is 9.50 Å². The quantitative estimate of drug-likeness (QED) is 0.700. The normalized spacial score (nSPS) is 38.5. The van der Waals surface area contributed by atoms with Gasteiger partial charge in [0.15, 0.2) is 0 Å². The van der Waals surface area contributed by atoms with E-state index in [1.165, 1.54) is 6.07 Å². The van der Waals surface area contributed by atoms with Crippen LogP contribution in [0.5, 0.6) is 0 Å². The second-order valence-electron chi connectivity index (χ2n) is 4.41. The molecule has 1 aromatic rings. The van der Waals surface area contributed by atoms with Crippen LogP contribution in [0.25, 0.3) is 0 Å². The molecule has 1 saturated heterocycles. The average molecular weight is 224 g/mol. The molecule has 1 unspecified atom stereocenters. The zero-order valence-electron chi connectivity index (χ0n) is 9.74. The highest BCUT2D eigenvalue weighted by Crippen LogP contribution is 2.42. The monoisotopic (exact) mass is 224 g/mol. The molecule has 1 aliphatic heterocycles. The summed E-state index contributed by atoms with van der Waals surface area (Å²) in [5.41, 5.74) is 0.568. The van der Waals surface area contributed by atoms with Crippen LogP contribution in [0.3, 0.4) is 0 Å². The Kier molecular flexibility index (Phi) is 2.00. The maximum Gasteiger partial charge on any atom is 0.129 e. The molecule has 1 spiro atoms. The molecule has 2 aliphatic rings. The summed E-state index contributed by atoms with van der Waals surface area (Å²) in [4.78, 5) is 0. The predicted molar refractivity (Wildman–Crippen MR) is 56.2 cm³/mol. The summed E-state index contributed by atoms with van der Waals surface area (Å²) in [6.07, 6.45) is 0.375. The Hall–Kier alpha value is -0.970. The van der Waals surface area contributed by atoms with E-state index in [0.29, 0.717) is 25.0 Å². The number of aliphatic hydroxyl groups excluding tert-OH is 1. The van der Waals surface area contributed by atoms with Crippen molar-refractivity contribution in [1.82, 2.24) is 5.32 Å². The molecule has 0 bridgehead atoms. The Labute approximate surface area is 94.6 Å². The van der Waals surface area contributed by atoms with E-state index in [4.69, 9.17) is 6.11 Å². The van der Waals surface area contributed by atoms with Gasteiger partial charge in [-0.1, -0.05) is 12.1 Å². The minimum absolute atomic E-state index is 0.351. The van der Waals surface area contributed by atoms with Crippen molar-refractivity contribution >= 4 is 0 Å². The second-order valence-corrected chi connectivity index (χ2v) is 4.41. The third-order valence-electron chi connectivity index (χ3n) is 3.49. The van der Waals surface area contributed by atoms with Crippen molar-refractivity contribution in [1.29, 1.82) is 0 Å². The highest BCUT2D eigenvalue weighted by Gasteiger charge is 2.43. The summed E-state index contributed by atoms with van der Waals surface area (Å²) in [6.45, 7) is -0.425. The molecule has 1 aliphatic carbocycles. The molecule has 16 heavy (non-hydrogen) atoms. The van der Waals surface area contributed by atoms with Crippen LogP contribution in [0.2, 0.25) is 0 Å².